The molecule has 1 aliphatic heterocycles. The Bertz CT molecular complexity index is 825. The predicted octanol–water partition coefficient (Wildman–Crippen LogP) is 2.71. The summed E-state index contributed by atoms with van der Waals surface area (Å²) in [6, 6.07) is 6.87. The molecule has 10 heteroatoms. The maximum atomic E-state index is 13.7. The normalized spacial score (nSPS) is 20.2. The van der Waals surface area contributed by atoms with Crippen molar-refractivity contribution in [3.8, 4) is 0 Å². The van der Waals surface area contributed by atoms with Crippen molar-refractivity contribution < 1.29 is 37.5 Å². The number of carbonyl (C=O) groups is 3. The average Bonchev–Trinajstić information content (AvgIpc) is 3.04. The van der Waals surface area contributed by atoms with Crippen molar-refractivity contribution in [3.63, 3.8) is 0 Å². The van der Waals surface area contributed by atoms with Crippen LogP contribution < -0.4 is 5.32 Å². The van der Waals surface area contributed by atoms with Crippen LogP contribution in [0.5, 0.6) is 0 Å². The van der Waals surface area contributed by atoms with Crippen molar-refractivity contribution in [3.05, 3.63) is 35.4 Å². The van der Waals surface area contributed by atoms with Crippen molar-refractivity contribution >= 4 is 25.4 Å². The highest BCUT2D eigenvalue weighted by molar-refractivity contribution is 7.56. The van der Waals surface area contributed by atoms with E-state index in [1.165, 1.54) is 0 Å². The number of ether oxygens (including phenoxy) is 2. The highest BCUT2D eigenvalue weighted by Gasteiger charge is 2.69. The second-order valence-electron chi connectivity index (χ2n) is 6.95. The molecule has 1 amide bonds. The number of rotatable bonds is 10. The third-order valence-corrected chi connectivity index (χ3v) is 7.41. The van der Waals surface area contributed by atoms with E-state index in [1.54, 1.807) is 52.0 Å². The van der Waals surface area contributed by atoms with Gasteiger partial charge in [0.15, 0.2) is 5.66 Å². The van der Waals surface area contributed by atoms with Gasteiger partial charge in [-0.05, 0) is 40.2 Å². The second kappa shape index (κ2) is 10.4. The molecule has 0 unspecified atom stereocenters. The maximum Gasteiger partial charge on any atom is 0.344 e. The Morgan fingerprint density at radius 3 is 1.84 bits per heavy atom. The highest BCUT2D eigenvalue weighted by atomic mass is 31.2. The summed E-state index contributed by atoms with van der Waals surface area (Å²) in [5.41, 5.74) is -2.33. The highest BCUT2D eigenvalue weighted by Crippen LogP contribution is 2.61. The van der Waals surface area contributed by atoms with Gasteiger partial charge in [-0.25, -0.2) is 9.59 Å². The van der Waals surface area contributed by atoms with Gasteiger partial charge in [-0.2, -0.15) is 0 Å². The van der Waals surface area contributed by atoms with E-state index in [2.05, 4.69) is 5.32 Å². The molecule has 0 radical (unpaired) electrons. The molecule has 0 aromatic heterocycles. The van der Waals surface area contributed by atoms with Gasteiger partial charge >= 0.3 is 19.5 Å². The fraction of sp³-hybridized carbons (Fsp3) is 0.571. The second-order valence-corrected chi connectivity index (χ2v) is 9.10. The molecule has 0 saturated carbocycles. The van der Waals surface area contributed by atoms with Crippen LogP contribution in [-0.4, -0.2) is 55.5 Å². The molecule has 1 fully saturated rings. The number of nitrogens with one attached hydrogen (secondary N) is 1. The Morgan fingerprint density at radius 2 is 1.42 bits per heavy atom. The van der Waals surface area contributed by atoms with Gasteiger partial charge in [-0.1, -0.05) is 29.8 Å². The molecule has 0 aliphatic carbocycles. The van der Waals surface area contributed by atoms with E-state index in [-0.39, 0.29) is 26.4 Å². The average molecular weight is 455 g/mol. The first kappa shape index (κ1) is 25.0. The summed E-state index contributed by atoms with van der Waals surface area (Å²) in [4.78, 5) is 39.5. The van der Waals surface area contributed by atoms with Crippen LogP contribution in [-0.2, 0) is 37.5 Å². The van der Waals surface area contributed by atoms with Crippen LogP contribution in [0.4, 0.5) is 0 Å². The van der Waals surface area contributed by atoms with Crippen LogP contribution in [0.2, 0.25) is 0 Å². The number of esters is 2. The van der Waals surface area contributed by atoms with Gasteiger partial charge in [-0.3, -0.25) is 9.36 Å². The van der Waals surface area contributed by atoms with Crippen LogP contribution in [0, 0.1) is 6.92 Å². The molecule has 0 bridgehead atoms. The Hall–Kier alpha value is -2.22. The third kappa shape index (κ3) is 4.68. The molecule has 1 aliphatic rings. The van der Waals surface area contributed by atoms with Crippen LogP contribution >= 0.6 is 7.60 Å². The SMILES string of the molecule is CCOC(=O)C1(C(=O)OCC)NC(=O)[C@H](P(=O)(OCC)OCC)[C@H]1c1ccc(C)cc1. The third-order valence-electron chi connectivity index (χ3n) is 4.96. The first-order valence-corrected chi connectivity index (χ1v) is 11.9. The molecule has 1 saturated heterocycles. The molecular weight excluding hydrogens is 425 g/mol. The minimum Gasteiger partial charge on any atom is -0.464 e. The van der Waals surface area contributed by atoms with Crippen molar-refractivity contribution in [2.24, 2.45) is 0 Å². The van der Waals surface area contributed by atoms with E-state index in [4.69, 9.17) is 18.5 Å². The van der Waals surface area contributed by atoms with Gasteiger partial charge < -0.3 is 23.8 Å². The number of amides is 1. The largest absolute Gasteiger partial charge is 0.464 e. The predicted molar refractivity (Wildman–Crippen MR) is 113 cm³/mol. The first-order chi connectivity index (χ1) is 14.7. The van der Waals surface area contributed by atoms with Crippen LogP contribution in [0.3, 0.4) is 0 Å². The molecular formula is C21H30NO8P. The monoisotopic (exact) mass is 455 g/mol. The zero-order valence-corrected chi connectivity index (χ0v) is 19.4. The molecule has 1 aromatic carbocycles. The standard InChI is InChI=1S/C21H30NO8P/c1-6-27-19(24)21(20(25)28-7-2)16(15-12-10-14(5)11-13-15)17(18(23)22-21)31(26,29-8-3)30-9-4/h10-13,16-17H,6-9H2,1-5H3,(H,22,23)/t16-,17-/m1/s1. The molecule has 1 N–H and O–H groups in total. The Labute approximate surface area is 182 Å². The summed E-state index contributed by atoms with van der Waals surface area (Å²) in [6.07, 6.45) is 0. The van der Waals surface area contributed by atoms with Gasteiger partial charge in [0, 0.05) is 0 Å². The summed E-state index contributed by atoms with van der Waals surface area (Å²) in [5.74, 6) is -4.02. The minimum absolute atomic E-state index is 0.00743. The zero-order valence-electron chi connectivity index (χ0n) is 18.5. The maximum absolute atomic E-state index is 13.7. The molecule has 1 aromatic rings. The van der Waals surface area contributed by atoms with Crippen molar-refractivity contribution in [1.82, 2.24) is 5.32 Å². The fourth-order valence-electron chi connectivity index (χ4n) is 3.75. The van der Waals surface area contributed by atoms with Crippen LogP contribution in [0.25, 0.3) is 0 Å². The van der Waals surface area contributed by atoms with E-state index >= 15 is 0 Å². The van der Waals surface area contributed by atoms with Crippen LogP contribution in [0.15, 0.2) is 24.3 Å². The lowest BCUT2D eigenvalue weighted by Crippen LogP contribution is -2.60. The van der Waals surface area contributed by atoms with E-state index in [9.17, 15) is 18.9 Å². The summed E-state index contributed by atoms with van der Waals surface area (Å²) in [7, 11) is -4.08. The number of aryl methyl sites for hydroxylation is 1. The van der Waals surface area contributed by atoms with E-state index in [0.717, 1.165) is 5.56 Å². The lowest BCUT2D eigenvalue weighted by molar-refractivity contribution is -0.167. The molecule has 31 heavy (non-hydrogen) atoms. The van der Waals surface area contributed by atoms with Crippen molar-refractivity contribution in [2.45, 2.75) is 51.7 Å². The van der Waals surface area contributed by atoms with Gasteiger partial charge in [-0.15, -0.1) is 0 Å². The molecule has 1 heterocycles. The molecule has 2 rings (SSSR count). The van der Waals surface area contributed by atoms with Crippen LogP contribution in [0.1, 0.15) is 44.7 Å². The number of hydrogen-bond donors (Lipinski definition) is 1. The summed E-state index contributed by atoms with van der Waals surface area (Å²) < 4.78 is 34.9. The first-order valence-electron chi connectivity index (χ1n) is 10.3. The van der Waals surface area contributed by atoms with E-state index in [1.807, 2.05) is 6.92 Å². The Balaban J connectivity index is 2.80. The lowest BCUT2D eigenvalue weighted by atomic mass is 9.79. The van der Waals surface area contributed by atoms with Crippen molar-refractivity contribution in [2.75, 3.05) is 26.4 Å². The zero-order chi connectivity index (χ0) is 23.2. The topological polar surface area (TPSA) is 117 Å². The minimum atomic E-state index is -4.08. The van der Waals surface area contributed by atoms with E-state index < -0.39 is 42.6 Å². The Kier molecular flexibility index (Phi) is 8.40. The van der Waals surface area contributed by atoms with Gasteiger partial charge in [0.1, 0.15) is 0 Å². The van der Waals surface area contributed by atoms with Gasteiger partial charge in [0.2, 0.25) is 11.4 Å². The molecule has 9 nitrogen and oxygen atoms in total. The molecule has 0 spiro atoms. The number of benzene rings is 1. The lowest BCUT2D eigenvalue weighted by Gasteiger charge is -2.33. The smallest absolute Gasteiger partial charge is 0.344 e. The number of hydrogen-bond acceptors (Lipinski definition) is 8. The van der Waals surface area contributed by atoms with E-state index in [0.29, 0.717) is 5.56 Å². The molecule has 172 valence electrons. The summed E-state index contributed by atoms with van der Waals surface area (Å²) >= 11 is 0. The number of carbonyl (C=O) groups excluding carboxylic acids is 3. The fourth-order valence-corrected chi connectivity index (χ4v) is 5.98. The Morgan fingerprint density at radius 1 is 0.935 bits per heavy atom. The quantitative estimate of drug-likeness (QED) is 0.325. The summed E-state index contributed by atoms with van der Waals surface area (Å²) in [6.45, 7) is 8.21. The van der Waals surface area contributed by atoms with Gasteiger partial charge in [0.05, 0.1) is 32.3 Å². The van der Waals surface area contributed by atoms with Crippen molar-refractivity contribution in [1.29, 1.82) is 0 Å². The van der Waals surface area contributed by atoms with Gasteiger partial charge in [0.25, 0.3) is 0 Å². The summed E-state index contributed by atoms with van der Waals surface area (Å²) in [5, 5.41) is 2.45. The molecule has 2 atom stereocenters.